The van der Waals surface area contributed by atoms with Crippen LogP contribution in [0.15, 0.2) is 60.7 Å². The van der Waals surface area contributed by atoms with Gasteiger partial charge in [0.25, 0.3) is 0 Å². The van der Waals surface area contributed by atoms with Gasteiger partial charge in [-0.25, -0.2) is 4.79 Å². The second kappa shape index (κ2) is 15.2. The molecule has 1 aliphatic rings. The third-order valence-electron chi connectivity index (χ3n) is 5.35. The van der Waals surface area contributed by atoms with Crippen molar-refractivity contribution in [2.75, 3.05) is 13.7 Å². The van der Waals surface area contributed by atoms with E-state index in [2.05, 4.69) is 4.90 Å². The van der Waals surface area contributed by atoms with Crippen LogP contribution in [0.1, 0.15) is 66.0 Å². The van der Waals surface area contributed by atoms with Crippen LogP contribution in [0.25, 0.3) is 0 Å². The van der Waals surface area contributed by atoms with E-state index in [1.54, 1.807) is 4.90 Å². The van der Waals surface area contributed by atoms with Crippen LogP contribution in [0, 0.1) is 0 Å². The van der Waals surface area contributed by atoms with Crippen LogP contribution >= 0.6 is 0 Å². The average molecular weight is 485 g/mol. The molecule has 2 aromatic rings. The van der Waals surface area contributed by atoms with E-state index >= 15 is 0 Å². The summed E-state index contributed by atoms with van der Waals surface area (Å²) in [7, 11) is 1.41. The summed E-state index contributed by atoms with van der Waals surface area (Å²) in [6.07, 6.45) is 0.137. The molecule has 194 valence electrons. The number of benzene rings is 2. The molecule has 1 aliphatic heterocycles. The standard InChI is InChI=1S/C25H32N2O4.2C2H6/c1-25(2,3)31-24(29)27(17-20-13-9-6-10-14-20)21-15-22(23(28)30-4)26(18-21)16-19-11-7-5-8-12-19;2*1-2/h5-14,21-22H,15-18H2,1-4H3;2*1-2H3/t21-,22-;;/m0../s1. The van der Waals surface area contributed by atoms with Crippen molar-refractivity contribution in [2.45, 2.75) is 85.7 Å². The van der Waals surface area contributed by atoms with E-state index in [1.165, 1.54) is 7.11 Å². The molecule has 0 saturated carbocycles. The molecule has 0 aromatic heterocycles. The maximum absolute atomic E-state index is 13.1. The number of amides is 1. The highest BCUT2D eigenvalue weighted by molar-refractivity contribution is 5.76. The fourth-order valence-electron chi connectivity index (χ4n) is 3.92. The van der Waals surface area contributed by atoms with Crippen molar-refractivity contribution in [3.8, 4) is 0 Å². The summed E-state index contributed by atoms with van der Waals surface area (Å²) in [6, 6.07) is 19.3. The topological polar surface area (TPSA) is 59.1 Å². The molecule has 0 spiro atoms. The molecule has 2 aromatic carbocycles. The summed E-state index contributed by atoms with van der Waals surface area (Å²) in [6.45, 7) is 15.2. The SMILES string of the molecule is CC.CC.COC(=O)[C@@H]1C[C@H](N(Cc2ccccc2)C(=O)OC(C)(C)C)CN1Cc1ccccc1. The molecule has 6 nitrogen and oxygen atoms in total. The Labute approximate surface area is 212 Å². The van der Waals surface area contributed by atoms with Crippen molar-refractivity contribution in [1.29, 1.82) is 0 Å². The van der Waals surface area contributed by atoms with Gasteiger partial charge in [-0.05, 0) is 38.3 Å². The van der Waals surface area contributed by atoms with E-state index in [9.17, 15) is 9.59 Å². The minimum atomic E-state index is -0.601. The number of nitrogens with zero attached hydrogens (tertiary/aromatic N) is 2. The van der Waals surface area contributed by atoms with Crippen LogP contribution in [-0.4, -0.2) is 53.2 Å². The van der Waals surface area contributed by atoms with Crippen LogP contribution < -0.4 is 0 Å². The van der Waals surface area contributed by atoms with Gasteiger partial charge in [0.05, 0.1) is 13.2 Å². The van der Waals surface area contributed by atoms with E-state index in [4.69, 9.17) is 9.47 Å². The predicted octanol–water partition coefficient (Wildman–Crippen LogP) is 6.29. The lowest BCUT2D eigenvalue weighted by atomic mass is 10.1. The van der Waals surface area contributed by atoms with Gasteiger partial charge in [0.1, 0.15) is 11.6 Å². The van der Waals surface area contributed by atoms with Gasteiger partial charge in [0.2, 0.25) is 0 Å². The van der Waals surface area contributed by atoms with Crippen molar-refractivity contribution in [3.63, 3.8) is 0 Å². The van der Waals surface area contributed by atoms with Gasteiger partial charge in [-0.1, -0.05) is 88.4 Å². The minimum absolute atomic E-state index is 0.164. The summed E-state index contributed by atoms with van der Waals surface area (Å²) in [5.74, 6) is -0.276. The maximum Gasteiger partial charge on any atom is 0.410 e. The molecule has 0 radical (unpaired) electrons. The van der Waals surface area contributed by atoms with E-state index in [-0.39, 0.29) is 18.1 Å². The number of carbonyl (C=O) groups is 2. The highest BCUT2D eigenvalue weighted by atomic mass is 16.6. The van der Waals surface area contributed by atoms with Gasteiger partial charge < -0.3 is 9.47 Å². The molecule has 1 fully saturated rings. The predicted molar refractivity (Wildman–Crippen MR) is 142 cm³/mol. The monoisotopic (exact) mass is 484 g/mol. The van der Waals surface area contributed by atoms with Crippen molar-refractivity contribution in [3.05, 3.63) is 71.8 Å². The Morgan fingerprint density at radius 2 is 1.43 bits per heavy atom. The first-order valence-electron chi connectivity index (χ1n) is 12.7. The van der Waals surface area contributed by atoms with Gasteiger partial charge >= 0.3 is 12.1 Å². The zero-order valence-corrected chi connectivity index (χ0v) is 22.8. The van der Waals surface area contributed by atoms with Gasteiger partial charge in [-0.3, -0.25) is 14.6 Å². The number of carbonyl (C=O) groups excluding carboxylic acids is 2. The summed E-state index contributed by atoms with van der Waals surface area (Å²) in [5.41, 5.74) is 1.53. The van der Waals surface area contributed by atoms with E-state index < -0.39 is 11.6 Å². The molecule has 0 bridgehead atoms. The molecule has 3 rings (SSSR count). The molecular weight excluding hydrogens is 440 g/mol. The zero-order valence-electron chi connectivity index (χ0n) is 22.8. The lowest BCUT2D eigenvalue weighted by Crippen LogP contribution is -2.44. The molecule has 6 heteroatoms. The number of ether oxygens (including phenoxy) is 2. The summed E-state index contributed by atoms with van der Waals surface area (Å²) in [4.78, 5) is 29.5. The normalized spacial score (nSPS) is 17.3. The van der Waals surface area contributed by atoms with E-state index in [0.29, 0.717) is 26.1 Å². The molecule has 1 amide bonds. The molecular formula is C29H44N2O4. The first-order chi connectivity index (χ1) is 16.8. The van der Waals surface area contributed by atoms with Gasteiger partial charge in [0, 0.05) is 19.6 Å². The molecule has 0 N–H and O–H groups in total. The van der Waals surface area contributed by atoms with Crippen LogP contribution in [0.4, 0.5) is 4.79 Å². The average Bonchev–Trinajstić information content (AvgIpc) is 3.28. The third kappa shape index (κ3) is 9.73. The highest BCUT2D eigenvalue weighted by Crippen LogP contribution is 2.28. The van der Waals surface area contributed by atoms with Crippen LogP contribution in [0.2, 0.25) is 0 Å². The van der Waals surface area contributed by atoms with Crippen LogP contribution in [-0.2, 0) is 27.4 Å². The van der Waals surface area contributed by atoms with Crippen LogP contribution in [0.3, 0.4) is 0 Å². The molecule has 0 unspecified atom stereocenters. The van der Waals surface area contributed by atoms with Gasteiger partial charge in [0.15, 0.2) is 0 Å². The first kappa shape index (κ1) is 30.2. The minimum Gasteiger partial charge on any atom is -0.468 e. The van der Waals surface area contributed by atoms with Crippen LogP contribution in [0.5, 0.6) is 0 Å². The first-order valence-corrected chi connectivity index (χ1v) is 12.7. The number of rotatable bonds is 6. The molecule has 0 aliphatic carbocycles. The fourth-order valence-corrected chi connectivity index (χ4v) is 3.92. The third-order valence-corrected chi connectivity index (χ3v) is 5.35. The number of likely N-dealkylation sites (tertiary alicyclic amines) is 1. The summed E-state index contributed by atoms with van der Waals surface area (Å²) < 4.78 is 10.8. The van der Waals surface area contributed by atoms with Crippen molar-refractivity contribution < 1.29 is 19.1 Å². The summed E-state index contributed by atoms with van der Waals surface area (Å²) >= 11 is 0. The highest BCUT2D eigenvalue weighted by Gasteiger charge is 2.42. The second-order valence-electron chi connectivity index (χ2n) is 8.94. The number of esters is 1. The summed E-state index contributed by atoms with van der Waals surface area (Å²) in [5, 5.41) is 0. The Balaban J connectivity index is 0.00000145. The van der Waals surface area contributed by atoms with Crippen molar-refractivity contribution in [1.82, 2.24) is 9.80 Å². The van der Waals surface area contributed by atoms with Gasteiger partial charge in [-0.15, -0.1) is 0 Å². The molecule has 1 heterocycles. The molecule has 2 atom stereocenters. The van der Waals surface area contributed by atoms with Crippen molar-refractivity contribution in [2.24, 2.45) is 0 Å². The smallest absolute Gasteiger partial charge is 0.410 e. The fraction of sp³-hybridized carbons (Fsp3) is 0.517. The number of methoxy groups -OCH3 is 1. The largest absolute Gasteiger partial charge is 0.468 e. The molecule has 35 heavy (non-hydrogen) atoms. The lowest BCUT2D eigenvalue weighted by molar-refractivity contribution is -0.146. The van der Waals surface area contributed by atoms with Gasteiger partial charge in [-0.2, -0.15) is 0 Å². The lowest BCUT2D eigenvalue weighted by Gasteiger charge is -2.32. The van der Waals surface area contributed by atoms with E-state index in [0.717, 1.165) is 11.1 Å². The number of hydrogen-bond donors (Lipinski definition) is 0. The Bertz CT molecular complexity index is 865. The second-order valence-corrected chi connectivity index (χ2v) is 8.94. The zero-order chi connectivity index (χ0) is 26.4. The quantitative estimate of drug-likeness (QED) is 0.451. The van der Waals surface area contributed by atoms with Crippen molar-refractivity contribution >= 4 is 12.1 Å². The number of hydrogen-bond acceptors (Lipinski definition) is 5. The Morgan fingerprint density at radius 1 is 0.914 bits per heavy atom. The Morgan fingerprint density at radius 3 is 1.91 bits per heavy atom. The molecule has 1 saturated heterocycles. The Kier molecular flexibility index (Phi) is 13.1. The maximum atomic E-state index is 13.1. The van der Waals surface area contributed by atoms with E-state index in [1.807, 2.05) is 109 Å². The Hall–Kier alpha value is -2.86.